The molecule has 0 unspecified atom stereocenters. The van der Waals surface area contributed by atoms with Gasteiger partial charge in [0.1, 0.15) is 5.01 Å². The number of quaternary nitrogens is 1. The maximum atomic E-state index is 12.1. The Hall–Kier alpha value is -1.79. The van der Waals surface area contributed by atoms with Crippen LogP contribution in [0.5, 0.6) is 0 Å². The number of hydrogen-bond acceptors (Lipinski definition) is 4. The summed E-state index contributed by atoms with van der Waals surface area (Å²) in [6.45, 7) is 6.11. The number of carbonyl (C=O) groups excluding carboxylic acids is 1. The quantitative estimate of drug-likeness (QED) is 0.887. The van der Waals surface area contributed by atoms with E-state index in [2.05, 4.69) is 34.2 Å². The minimum Gasteiger partial charge on any atom is -0.347 e. The van der Waals surface area contributed by atoms with E-state index in [1.54, 1.807) is 0 Å². The van der Waals surface area contributed by atoms with E-state index in [1.807, 2.05) is 32.0 Å². The van der Waals surface area contributed by atoms with E-state index in [9.17, 15) is 4.79 Å². The zero-order valence-electron chi connectivity index (χ0n) is 12.6. The fraction of sp³-hybridized carbons (Fsp3) is 0.400. The first kappa shape index (κ1) is 15.6. The van der Waals surface area contributed by atoms with Crippen molar-refractivity contribution >= 4 is 22.4 Å². The third-order valence-electron chi connectivity index (χ3n) is 3.59. The molecule has 6 heteroatoms. The summed E-state index contributed by atoms with van der Waals surface area (Å²) < 4.78 is 0. The fourth-order valence-corrected chi connectivity index (χ4v) is 2.65. The van der Waals surface area contributed by atoms with Gasteiger partial charge in [0.25, 0.3) is 5.91 Å². The number of nitrogens with zero attached hydrogens (tertiary/aromatic N) is 2. The molecule has 2 aromatic rings. The second kappa shape index (κ2) is 6.78. The van der Waals surface area contributed by atoms with Gasteiger partial charge >= 0.3 is 0 Å². The minimum absolute atomic E-state index is 0.101. The number of anilines is 1. The van der Waals surface area contributed by atoms with Gasteiger partial charge in [0, 0.05) is 11.5 Å². The highest BCUT2D eigenvalue weighted by atomic mass is 32.1. The number of aromatic nitrogens is 2. The lowest BCUT2D eigenvalue weighted by atomic mass is 10.00. The van der Waals surface area contributed by atoms with Crippen molar-refractivity contribution in [2.24, 2.45) is 5.92 Å². The number of aryl methyl sites for hydroxylation is 1. The Morgan fingerprint density at radius 2 is 2.19 bits per heavy atom. The molecule has 0 aliphatic carbocycles. The monoisotopic (exact) mass is 305 g/mol. The van der Waals surface area contributed by atoms with Crippen molar-refractivity contribution < 1.29 is 10.5 Å². The van der Waals surface area contributed by atoms with Crippen molar-refractivity contribution in [3.05, 3.63) is 29.8 Å². The molecule has 0 spiro atoms. The second-order valence-corrected chi connectivity index (χ2v) is 6.24. The summed E-state index contributed by atoms with van der Waals surface area (Å²) in [5.41, 5.74) is 6.11. The lowest BCUT2D eigenvalue weighted by Crippen LogP contribution is -2.69. The first-order chi connectivity index (χ1) is 10.0. The molecule has 4 N–H and O–H groups in total. The van der Waals surface area contributed by atoms with Gasteiger partial charge in [-0.2, -0.15) is 0 Å². The molecule has 1 aromatic heterocycles. The molecule has 0 aliphatic rings. The van der Waals surface area contributed by atoms with Crippen LogP contribution in [0.25, 0.3) is 10.6 Å². The Bertz CT molecular complexity index is 626. The smallest absolute Gasteiger partial charge is 0.284 e. The highest BCUT2D eigenvalue weighted by molar-refractivity contribution is 7.18. The second-order valence-electron chi connectivity index (χ2n) is 5.26. The van der Waals surface area contributed by atoms with Gasteiger partial charge in [0.05, 0.1) is 0 Å². The molecule has 0 saturated heterocycles. The molecule has 21 heavy (non-hydrogen) atoms. The molecule has 0 bridgehead atoms. The molecule has 2 atom stereocenters. The first-order valence-corrected chi connectivity index (χ1v) is 7.87. The average Bonchev–Trinajstić information content (AvgIpc) is 2.94. The van der Waals surface area contributed by atoms with Crippen LogP contribution in [0.1, 0.15) is 25.8 Å². The van der Waals surface area contributed by atoms with Crippen LogP contribution in [0.2, 0.25) is 0 Å². The van der Waals surface area contributed by atoms with Gasteiger partial charge in [-0.1, -0.05) is 48.9 Å². The van der Waals surface area contributed by atoms with Gasteiger partial charge in [-0.25, -0.2) is 0 Å². The molecule has 112 valence electrons. The molecule has 0 radical (unpaired) electrons. The summed E-state index contributed by atoms with van der Waals surface area (Å²) >= 11 is 1.38. The van der Waals surface area contributed by atoms with Gasteiger partial charge in [0.15, 0.2) is 6.04 Å². The van der Waals surface area contributed by atoms with Crippen molar-refractivity contribution in [1.82, 2.24) is 10.2 Å². The van der Waals surface area contributed by atoms with Crippen LogP contribution >= 0.6 is 11.3 Å². The third kappa shape index (κ3) is 3.86. The molecule has 2 rings (SSSR count). The Labute approximate surface area is 128 Å². The highest BCUT2D eigenvalue weighted by Crippen LogP contribution is 2.26. The third-order valence-corrected chi connectivity index (χ3v) is 4.48. The normalized spacial score (nSPS) is 13.7. The van der Waals surface area contributed by atoms with Crippen LogP contribution in [-0.4, -0.2) is 22.1 Å². The number of benzene rings is 1. The van der Waals surface area contributed by atoms with Crippen molar-refractivity contribution in [1.29, 1.82) is 0 Å². The largest absolute Gasteiger partial charge is 0.347 e. The summed E-state index contributed by atoms with van der Waals surface area (Å²) in [4.78, 5) is 12.1. The van der Waals surface area contributed by atoms with E-state index < -0.39 is 0 Å². The number of amides is 1. The van der Waals surface area contributed by atoms with Crippen LogP contribution < -0.4 is 11.1 Å². The molecular formula is C15H21N4OS+. The summed E-state index contributed by atoms with van der Waals surface area (Å²) in [6, 6.07) is 7.78. The summed E-state index contributed by atoms with van der Waals surface area (Å²) in [7, 11) is 0. The molecule has 0 fully saturated rings. The standard InChI is InChI=1S/C15H20N4OS/c1-4-10(3)12(16)13(20)17-15-19-18-14(21-15)11-7-5-6-9(2)8-11/h5-8,10,12H,4,16H2,1-3H3,(H,17,19,20)/p+1/t10-,12+/m0/s1. The van der Waals surface area contributed by atoms with Gasteiger partial charge in [-0.3, -0.25) is 10.1 Å². The number of hydrogen-bond donors (Lipinski definition) is 2. The molecule has 0 saturated carbocycles. The van der Waals surface area contributed by atoms with Crippen LogP contribution in [0.3, 0.4) is 0 Å². The predicted molar refractivity (Wildman–Crippen MR) is 84.8 cm³/mol. The zero-order valence-corrected chi connectivity index (χ0v) is 13.4. The van der Waals surface area contributed by atoms with Crippen LogP contribution in [0, 0.1) is 12.8 Å². The van der Waals surface area contributed by atoms with E-state index in [-0.39, 0.29) is 17.9 Å². The lowest BCUT2D eigenvalue weighted by Gasteiger charge is -2.13. The van der Waals surface area contributed by atoms with Crippen LogP contribution in [-0.2, 0) is 4.79 Å². The number of nitrogens with one attached hydrogen (secondary N) is 1. The van der Waals surface area contributed by atoms with Crippen molar-refractivity contribution in [2.45, 2.75) is 33.2 Å². The van der Waals surface area contributed by atoms with E-state index in [1.165, 1.54) is 16.9 Å². The van der Waals surface area contributed by atoms with Gasteiger partial charge in [0.2, 0.25) is 5.13 Å². The lowest BCUT2D eigenvalue weighted by molar-refractivity contribution is -0.414. The number of carbonyl (C=O) groups is 1. The first-order valence-electron chi connectivity index (χ1n) is 7.05. The summed E-state index contributed by atoms with van der Waals surface area (Å²) in [6.07, 6.45) is 0.923. The van der Waals surface area contributed by atoms with E-state index in [0.29, 0.717) is 5.13 Å². The Kier molecular flexibility index (Phi) is 5.03. The summed E-state index contributed by atoms with van der Waals surface area (Å²) in [5.74, 6) is 0.144. The molecular weight excluding hydrogens is 284 g/mol. The Morgan fingerprint density at radius 1 is 1.43 bits per heavy atom. The van der Waals surface area contributed by atoms with E-state index in [0.717, 1.165) is 17.0 Å². The van der Waals surface area contributed by atoms with Gasteiger partial charge in [-0.15, -0.1) is 10.2 Å². The topological polar surface area (TPSA) is 82.5 Å². The van der Waals surface area contributed by atoms with Crippen molar-refractivity contribution in [3.63, 3.8) is 0 Å². The molecule has 5 nitrogen and oxygen atoms in total. The van der Waals surface area contributed by atoms with Crippen molar-refractivity contribution in [2.75, 3.05) is 5.32 Å². The number of rotatable bonds is 5. The SMILES string of the molecule is CC[C@H](C)[C@@H]([NH3+])C(=O)Nc1nnc(-c2cccc(C)c2)s1. The van der Waals surface area contributed by atoms with E-state index >= 15 is 0 Å². The molecule has 1 amide bonds. The molecule has 1 heterocycles. The van der Waals surface area contributed by atoms with Crippen molar-refractivity contribution in [3.8, 4) is 10.6 Å². The minimum atomic E-state index is -0.277. The Morgan fingerprint density at radius 3 is 2.86 bits per heavy atom. The van der Waals surface area contributed by atoms with E-state index in [4.69, 9.17) is 0 Å². The average molecular weight is 305 g/mol. The van der Waals surface area contributed by atoms with Crippen LogP contribution in [0.4, 0.5) is 5.13 Å². The Balaban J connectivity index is 2.08. The van der Waals surface area contributed by atoms with Gasteiger partial charge < -0.3 is 5.73 Å². The molecule has 0 aliphatic heterocycles. The fourth-order valence-electron chi connectivity index (χ4n) is 1.91. The summed E-state index contributed by atoms with van der Waals surface area (Å²) in [5, 5.41) is 12.3. The predicted octanol–water partition coefficient (Wildman–Crippen LogP) is 2.11. The maximum Gasteiger partial charge on any atom is 0.284 e. The maximum absolute atomic E-state index is 12.1. The van der Waals surface area contributed by atoms with Crippen LogP contribution in [0.15, 0.2) is 24.3 Å². The zero-order chi connectivity index (χ0) is 15.4. The van der Waals surface area contributed by atoms with Gasteiger partial charge in [-0.05, 0) is 19.4 Å². The highest BCUT2D eigenvalue weighted by Gasteiger charge is 2.24. The molecule has 1 aromatic carbocycles.